The van der Waals surface area contributed by atoms with Crippen LogP contribution < -0.4 is 5.32 Å². The summed E-state index contributed by atoms with van der Waals surface area (Å²) < 4.78 is 1.98. The highest BCUT2D eigenvalue weighted by Crippen LogP contribution is 2.21. The molecule has 0 bridgehead atoms. The van der Waals surface area contributed by atoms with Gasteiger partial charge in [0.1, 0.15) is 0 Å². The van der Waals surface area contributed by atoms with Crippen molar-refractivity contribution in [3.05, 3.63) is 46.8 Å². The molecule has 0 spiro atoms. The van der Waals surface area contributed by atoms with Gasteiger partial charge in [-0.2, -0.15) is 5.10 Å². The molecular formula is C19H29ClN4O. The maximum absolute atomic E-state index is 12.4. The molecule has 0 aliphatic rings. The summed E-state index contributed by atoms with van der Waals surface area (Å²) >= 11 is 0. The van der Waals surface area contributed by atoms with E-state index >= 15 is 0 Å². The standard InChI is InChI=1S/C19H28N4O.ClH/c1-13-9-7-8-10-18(13)23-16(4)17(15(3)21-23)12-22(6)19(24)14(2)11-20-5;/h7-10,14,20H,11-12H2,1-6H3;1H. The third-order valence-electron chi connectivity index (χ3n) is 4.49. The van der Waals surface area contributed by atoms with Gasteiger partial charge in [0.25, 0.3) is 0 Å². The Kier molecular flexibility index (Phi) is 7.64. The maximum atomic E-state index is 12.4. The Morgan fingerprint density at radius 1 is 1.28 bits per heavy atom. The van der Waals surface area contributed by atoms with Crippen molar-refractivity contribution in [2.75, 3.05) is 20.6 Å². The van der Waals surface area contributed by atoms with Gasteiger partial charge in [-0.15, -0.1) is 12.4 Å². The SMILES string of the molecule is CNCC(C)C(=O)N(C)Cc1c(C)nn(-c2ccccc2C)c1C.Cl. The van der Waals surface area contributed by atoms with Gasteiger partial charge in [-0.05, 0) is 39.4 Å². The molecule has 5 nitrogen and oxygen atoms in total. The zero-order valence-electron chi connectivity index (χ0n) is 16.0. The highest BCUT2D eigenvalue weighted by Gasteiger charge is 2.20. The van der Waals surface area contributed by atoms with Gasteiger partial charge in [0.05, 0.1) is 11.4 Å². The Bertz CT molecular complexity index is 726. The maximum Gasteiger partial charge on any atom is 0.226 e. The number of carbonyl (C=O) groups is 1. The fraction of sp³-hybridized carbons (Fsp3) is 0.474. The van der Waals surface area contributed by atoms with E-state index in [1.54, 1.807) is 4.90 Å². The van der Waals surface area contributed by atoms with E-state index < -0.39 is 0 Å². The molecule has 2 rings (SSSR count). The van der Waals surface area contributed by atoms with Crippen molar-refractivity contribution in [3.8, 4) is 5.69 Å². The molecule has 1 atom stereocenters. The predicted molar refractivity (Wildman–Crippen MR) is 105 cm³/mol. The zero-order valence-corrected chi connectivity index (χ0v) is 16.8. The average molecular weight is 365 g/mol. The van der Waals surface area contributed by atoms with Crippen LogP contribution in [0.5, 0.6) is 0 Å². The van der Waals surface area contributed by atoms with Crippen molar-refractivity contribution in [2.45, 2.75) is 34.2 Å². The van der Waals surface area contributed by atoms with Crippen molar-refractivity contribution in [2.24, 2.45) is 5.92 Å². The molecule has 0 saturated carbocycles. The summed E-state index contributed by atoms with van der Waals surface area (Å²) in [5.41, 5.74) is 5.44. The number of amides is 1. The summed E-state index contributed by atoms with van der Waals surface area (Å²) in [6.45, 7) is 9.37. The van der Waals surface area contributed by atoms with E-state index in [0.29, 0.717) is 13.1 Å². The van der Waals surface area contributed by atoms with E-state index in [0.717, 1.165) is 22.6 Å². The number of rotatable bonds is 6. The molecule has 0 saturated heterocycles. The molecule has 1 amide bonds. The first kappa shape index (κ1) is 21.2. The lowest BCUT2D eigenvalue weighted by atomic mass is 10.1. The van der Waals surface area contributed by atoms with Gasteiger partial charge in [0, 0.05) is 37.3 Å². The minimum Gasteiger partial charge on any atom is -0.341 e. The van der Waals surface area contributed by atoms with Crippen LogP contribution in [0.3, 0.4) is 0 Å². The first-order valence-corrected chi connectivity index (χ1v) is 8.37. The lowest BCUT2D eigenvalue weighted by molar-refractivity contribution is -0.134. The summed E-state index contributed by atoms with van der Waals surface area (Å²) in [5.74, 6) is 0.110. The van der Waals surface area contributed by atoms with Crippen LogP contribution in [0, 0.1) is 26.7 Å². The average Bonchev–Trinajstić information content (AvgIpc) is 2.82. The number of hydrogen-bond donors (Lipinski definition) is 1. The van der Waals surface area contributed by atoms with Gasteiger partial charge in [-0.3, -0.25) is 4.79 Å². The molecule has 1 aromatic heterocycles. The number of nitrogens with zero attached hydrogens (tertiary/aromatic N) is 3. The molecule has 1 unspecified atom stereocenters. The van der Waals surface area contributed by atoms with E-state index in [-0.39, 0.29) is 24.2 Å². The number of halogens is 1. The molecule has 0 aliphatic carbocycles. The van der Waals surface area contributed by atoms with Crippen LogP contribution in [-0.2, 0) is 11.3 Å². The van der Waals surface area contributed by atoms with Gasteiger partial charge >= 0.3 is 0 Å². The number of para-hydroxylation sites is 1. The molecule has 2 aromatic rings. The molecule has 1 aromatic carbocycles. The van der Waals surface area contributed by atoms with E-state index in [9.17, 15) is 4.79 Å². The van der Waals surface area contributed by atoms with Crippen molar-refractivity contribution >= 4 is 18.3 Å². The second-order valence-electron chi connectivity index (χ2n) is 6.50. The van der Waals surface area contributed by atoms with Gasteiger partial charge < -0.3 is 10.2 Å². The molecule has 1 N–H and O–H groups in total. The van der Waals surface area contributed by atoms with Crippen molar-refractivity contribution < 1.29 is 4.79 Å². The lowest BCUT2D eigenvalue weighted by Gasteiger charge is -2.21. The van der Waals surface area contributed by atoms with Crippen LogP contribution in [0.2, 0.25) is 0 Å². The zero-order chi connectivity index (χ0) is 17.9. The fourth-order valence-corrected chi connectivity index (χ4v) is 3.02. The molecular weight excluding hydrogens is 336 g/mol. The monoisotopic (exact) mass is 364 g/mol. The molecule has 138 valence electrons. The van der Waals surface area contributed by atoms with Crippen molar-refractivity contribution in [3.63, 3.8) is 0 Å². The topological polar surface area (TPSA) is 50.2 Å². The lowest BCUT2D eigenvalue weighted by Crippen LogP contribution is -2.35. The Hall–Kier alpha value is -1.85. The van der Waals surface area contributed by atoms with Crippen LogP contribution in [0.15, 0.2) is 24.3 Å². The van der Waals surface area contributed by atoms with Crippen molar-refractivity contribution in [1.82, 2.24) is 20.0 Å². The number of carbonyl (C=O) groups excluding carboxylic acids is 1. The number of benzene rings is 1. The molecule has 1 heterocycles. The van der Waals surface area contributed by atoms with Gasteiger partial charge in [0.15, 0.2) is 0 Å². The smallest absolute Gasteiger partial charge is 0.226 e. The number of aryl methyl sites for hydroxylation is 2. The number of nitrogens with one attached hydrogen (secondary N) is 1. The van der Waals surface area contributed by atoms with Crippen LogP contribution in [0.1, 0.15) is 29.4 Å². The Morgan fingerprint density at radius 2 is 1.92 bits per heavy atom. The van der Waals surface area contributed by atoms with Crippen LogP contribution in [0.4, 0.5) is 0 Å². The van der Waals surface area contributed by atoms with Gasteiger partial charge in [-0.1, -0.05) is 25.1 Å². The molecule has 25 heavy (non-hydrogen) atoms. The molecule has 6 heteroatoms. The van der Waals surface area contributed by atoms with Crippen LogP contribution in [0.25, 0.3) is 5.69 Å². The summed E-state index contributed by atoms with van der Waals surface area (Å²) in [6, 6.07) is 8.21. The first-order chi connectivity index (χ1) is 11.4. The second-order valence-corrected chi connectivity index (χ2v) is 6.50. The Labute approximate surface area is 156 Å². The van der Waals surface area contributed by atoms with E-state index in [1.165, 1.54) is 5.56 Å². The predicted octanol–water partition coefficient (Wildman–Crippen LogP) is 3.03. The summed E-state index contributed by atoms with van der Waals surface area (Å²) in [6.07, 6.45) is 0. The highest BCUT2D eigenvalue weighted by atomic mass is 35.5. The van der Waals surface area contributed by atoms with Crippen LogP contribution >= 0.6 is 12.4 Å². The van der Waals surface area contributed by atoms with Gasteiger partial charge in [0.2, 0.25) is 5.91 Å². The largest absolute Gasteiger partial charge is 0.341 e. The fourth-order valence-electron chi connectivity index (χ4n) is 3.02. The summed E-state index contributed by atoms with van der Waals surface area (Å²) in [5, 5.41) is 7.76. The minimum atomic E-state index is -0.0352. The minimum absolute atomic E-state index is 0. The molecule has 0 aliphatic heterocycles. The van der Waals surface area contributed by atoms with E-state index in [2.05, 4.69) is 31.3 Å². The normalized spacial score (nSPS) is 11.8. The first-order valence-electron chi connectivity index (χ1n) is 8.37. The Morgan fingerprint density at radius 3 is 2.52 bits per heavy atom. The van der Waals surface area contributed by atoms with E-state index in [1.807, 2.05) is 44.8 Å². The quantitative estimate of drug-likeness (QED) is 0.857. The van der Waals surface area contributed by atoms with E-state index in [4.69, 9.17) is 5.10 Å². The Balaban J connectivity index is 0.00000312. The number of hydrogen-bond acceptors (Lipinski definition) is 3. The number of aromatic nitrogens is 2. The van der Waals surface area contributed by atoms with Crippen molar-refractivity contribution in [1.29, 1.82) is 0 Å². The second kappa shape index (κ2) is 9.02. The molecule has 0 radical (unpaired) electrons. The highest BCUT2D eigenvalue weighted by molar-refractivity contribution is 5.85. The third-order valence-corrected chi connectivity index (χ3v) is 4.49. The summed E-state index contributed by atoms with van der Waals surface area (Å²) in [4.78, 5) is 14.2. The molecule has 0 fully saturated rings. The summed E-state index contributed by atoms with van der Waals surface area (Å²) in [7, 11) is 3.72. The van der Waals surface area contributed by atoms with Gasteiger partial charge in [-0.25, -0.2) is 4.68 Å². The third kappa shape index (κ3) is 4.61. The van der Waals surface area contributed by atoms with Crippen LogP contribution in [-0.4, -0.2) is 41.2 Å².